The van der Waals surface area contributed by atoms with Gasteiger partial charge in [0.25, 0.3) is 0 Å². The molecule has 1 aliphatic rings. The van der Waals surface area contributed by atoms with Gasteiger partial charge in [-0.15, -0.1) is 24.0 Å². The Morgan fingerprint density at radius 2 is 1.90 bits per heavy atom. The predicted octanol–water partition coefficient (Wildman–Crippen LogP) is 3.02. The number of nitrogens with zero attached hydrogens (tertiary/aromatic N) is 2. The molecule has 2 N–H and O–H groups in total. The Kier molecular flexibility index (Phi) is 10.5. The fourth-order valence-corrected chi connectivity index (χ4v) is 2.90. The molecule has 0 atom stereocenters. The molecule has 0 unspecified atom stereocenters. The Bertz CT molecular complexity index is 651. The average molecular weight is 530 g/mol. The number of ether oxygens (including phenoxy) is 2. The van der Waals surface area contributed by atoms with E-state index in [9.17, 15) is 13.2 Å². The molecule has 0 aliphatic carbocycles. The maximum Gasteiger partial charge on any atom is 0.422 e. The predicted molar refractivity (Wildman–Crippen MR) is 118 cm³/mol. The number of alkyl halides is 3. The molecule has 1 aromatic rings. The number of guanidine groups is 1. The third-order valence-electron chi connectivity index (χ3n) is 4.54. The summed E-state index contributed by atoms with van der Waals surface area (Å²) in [5.74, 6) is 0.816. The Balaban J connectivity index is 0.00000420. The zero-order chi connectivity index (χ0) is 20.6. The van der Waals surface area contributed by atoms with Gasteiger partial charge >= 0.3 is 6.18 Å². The first-order chi connectivity index (χ1) is 13.2. The van der Waals surface area contributed by atoms with Crippen molar-refractivity contribution < 1.29 is 22.6 Å². The summed E-state index contributed by atoms with van der Waals surface area (Å²) in [6.07, 6.45) is -4.35. The van der Waals surface area contributed by atoms with Crippen molar-refractivity contribution in [2.45, 2.75) is 32.1 Å². The van der Waals surface area contributed by atoms with E-state index < -0.39 is 12.8 Å². The largest absolute Gasteiger partial charge is 0.484 e. The van der Waals surface area contributed by atoms with E-state index in [1.807, 2.05) is 6.07 Å². The van der Waals surface area contributed by atoms with Gasteiger partial charge in [0.2, 0.25) is 0 Å². The topological polar surface area (TPSA) is 58.1 Å². The second kappa shape index (κ2) is 11.8. The van der Waals surface area contributed by atoms with Crippen LogP contribution in [0, 0.1) is 0 Å². The van der Waals surface area contributed by atoms with Gasteiger partial charge in [0.15, 0.2) is 12.6 Å². The highest BCUT2D eigenvalue weighted by atomic mass is 127. The van der Waals surface area contributed by atoms with E-state index in [-0.39, 0.29) is 35.3 Å². The molecule has 0 aromatic heterocycles. The zero-order valence-corrected chi connectivity index (χ0v) is 19.3. The van der Waals surface area contributed by atoms with Gasteiger partial charge in [-0.2, -0.15) is 13.2 Å². The van der Waals surface area contributed by atoms with Crippen molar-refractivity contribution in [1.82, 2.24) is 15.5 Å². The van der Waals surface area contributed by atoms with Crippen LogP contribution in [0.4, 0.5) is 13.2 Å². The summed E-state index contributed by atoms with van der Waals surface area (Å²) in [6, 6.07) is 6.58. The number of benzene rings is 1. The van der Waals surface area contributed by atoms with Gasteiger partial charge in [0, 0.05) is 38.8 Å². The second-order valence-corrected chi connectivity index (χ2v) is 7.24. The van der Waals surface area contributed by atoms with Crippen LogP contribution in [0.1, 0.15) is 19.4 Å². The van der Waals surface area contributed by atoms with Gasteiger partial charge in [0.05, 0.1) is 13.2 Å². The van der Waals surface area contributed by atoms with Gasteiger partial charge in [-0.25, -0.2) is 0 Å². The molecule has 6 nitrogen and oxygen atoms in total. The SMILES string of the molecule is CN=C(NCc1cccc(OCC(F)(F)F)c1)NCC(C)(C)N1CCOCC1.I. The standard InChI is InChI=1S/C19H29F3N4O2.HI/c1-18(2,26-7-9-27-10-8-26)13-25-17(23-3)24-12-15-5-4-6-16(11-15)28-14-19(20,21)22;/h4-6,11H,7-10,12-14H2,1-3H3,(H2,23,24,25);1H. The molecule has 0 saturated carbocycles. The van der Waals surface area contributed by atoms with Crippen molar-refractivity contribution in [2.75, 3.05) is 46.5 Å². The molecule has 2 rings (SSSR count). The molecule has 1 fully saturated rings. The lowest BCUT2D eigenvalue weighted by atomic mass is 10.0. The van der Waals surface area contributed by atoms with Crippen LogP contribution in [0.15, 0.2) is 29.3 Å². The molecule has 0 bridgehead atoms. The van der Waals surface area contributed by atoms with Crippen LogP contribution in [0.2, 0.25) is 0 Å². The van der Waals surface area contributed by atoms with Gasteiger partial charge < -0.3 is 20.1 Å². The van der Waals surface area contributed by atoms with E-state index >= 15 is 0 Å². The van der Waals surface area contributed by atoms with E-state index in [1.54, 1.807) is 19.2 Å². The number of morpholine rings is 1. The van der Waals surface area contributed by atoms with Crippen molar-refractivity contribution in [3.63, 3.8) is 0 Å². The van der Waals surface area contributed by atoms with Crippen molar-refractivity contribution in [3.05, 3.63) is 29.8 Å². The summed E-state index contributed by atoms with van der Waals surface area (Å²) in [5.41, 5.74) is 0.738. The molecule has 0 radical (unpaired) electrons. The molecule has 29 heavy (non-hydrogen) atoms. The summed E-state index contributed by atoms with van der Waals surface area (Å²) in [5, 5.41) is 6.49. The first-order valence-corrected chi connectivity index (χ1v) is 9.25. The second-order valence-electron chi connectivity index (χ2n) is 7.24. The van der Waals surface area contributed by atoms with Crippen molar-refractivity contribution in [2.24, 2.45) is 4.99 Å². The number of nitrogens with one attached hydrogen (secondary N) is 2. The summed E-state index contributed by atoms with van der Waals surface area (Å²) in [4.78, 5) is 6.59. The lowest BCUT2D eigenvalue weighted by molar-refractivity contribution is -0.153. The van der Waals surface area contributed by atoms with Gasteiger partial charge in [-0.05, 0) is 31.5 Å². The molecular formula is C19H30F3IN4O2. The molecule has 10 heteroatoms. The maximum atomic E-state index is 12.3. The maximum absolute atomic E-state index is 12.3. The summed E-state index contributed by atoms with van der Waals surface area (Å²) < 4.78 is 47.0. The highest BCUT2D eigenvalue weighted by molar-refractivity contribution is 14.0. The van der Waals surface area contributed by atoms with Crippen LogP contribution in [0.25, 0.3) is 0 Å². The third-order valence-corrected chi connectivity index (χ3v) is 4.54. The molecule has 1 aliphatic heterocycles. The number of rotatable bonds is 7. The van der Waals surface area contributed by atoms with Crippen LogP contribution in [0.3, 0.4) is 0 Å². The highest BCUT2D eigenvalue weighted by Crippen LogP contribution is 2.19. The van der Waals surface area contributed by atoms with E-state index in [0.29, 0.717) is 19.0 Å². The van der Waals surface area contributed by atoms with Gasteiger partial charge in [-0.3, -0.25) is 9.89 Å². The normalized spacial score (nSPS) is 16.1. The third kappa shape index (κ3) is 9.39. The fraction of sp³-hybridized carbons (Fsp3) is 0.632. The number of halogens is 4. The molecule has 0 amide bonds. The molecule has 1 saturated heterocycles. The van der Waals surface area contributed by atoms with Crippen molar-refractivity contribution in [1.29, 1.82) is 0 Å². The fourth-order valence-electron chi connectivity index (χ4n) is 2.90. The quantitative estimate of drug-likeness (QED) is 0.323. The van der Waals surface area contributed by atoms with E-state index in [1.165, 1.54) is 6.07 Å². The Morgan fingerprint density at radius 3 is 2.52 bits per heavy atom. The van der Waals surface area contributed by atoms with Crippen LogP contribution in [0.5, 0.6) is 5.75 Å². The first kappa shape index (κ1) is 25.8. The number of aliphatic imine (C=N–C) groups is 1. The Labute approximate surface area is 187 Å². The monoisotopic (exact) mass is 530 g/mol. The number of hydrogen-bond acceptors (Lipinski definition) is 4. The highest BCUT2D eigenvalue weighted by Gasteiger charge is 2.29. The average Bonchev–Trinajstić information content (AvgIpc) is 2.67. The van der Waals surface area contributed by atoms with Crippen molar-refractivity contribution in [3.8, 4) is 5.75 Å². The molecule has 1 heterocycles. The summed E-state index contributed by atoms with van der Waals surface area (Å²) in [6.45, 7) is 7.41. The first-order valence-electron chi connectivity index (χ1n) is 9.25. The summed E-state index contributed by atoms with van der Waals surface area (Å²) in [7, 11) is 1.68. The molecule has 166 valence electrons. The van der Waals surface area contributed by atoms with E-state index in [4.69, 9.17) is 9.47 Å². The van der Waals surface area contributed by atoms with E-state index in [2.05, 4.69) is 34.4 Å². The molecular weight excluding hydrogens is 500 g/mol. The number of hydrogen-bond donors (Lipinski definition) is 2. The minimum absolute atomic E-state index is 0. The summed E-state index contributed by atoms with van der Waals surface area (Å²) >= 11 is 0. The smallest absolute Gasteiger partial charge is 0.422 e. The minimum atomic E-state index is -4.35. The minimum Gasteiger partial charge on any atom is -0.484 e. The Hall–Kier alpha value is -1.27. The lowest BCUT2D eigenvalue weighted by Gasteiger charge is -2.41. The lowest BCUT2D eigenvalue weighted by Crippen LogP contribution is -2.56. The molecule has 0 spiro atoms. The van der Waals surface area contributed by atoms with Gasteiger partial charge in [-0.1, -0.05) is 12.1 Å². The van der Waals surface area contributed by atoms with Crippen LogP contribution in [-0.4, -0.2) is 69.1 Å². The Morgan fingerprint density at radius 1 is 1.21 bits per heavy atom. The molecule has 1 aromatic carbocycles. The zero-order valence-electron chi connectivity index (χ0n) is 17.0. The van der Waals surface area contributed by atoms with Crippen LogP contribution < -0.4 is 15.4 Å². The van der Waals surface area contributed by atoms with Gasteiger partial charge in [0.1, 0.15) is 5.75 Å². The van der Waals surface area contributed by atoms with Crippen molar-refractivity contribution >= 4 is 29.9 Å². The van der Waals surface area contributed by atoms with Crippen LogP contribution in [-0.2, 0) is 11.3 Å². The van der Waals surface area contributed by atoms with E-state index in [0.717, 1.165) is 31.9 Å². The van der Waals surface area contributed by atoms with Crippen LogP contribution >= 0.6 is 24.0 Å².